The molecule has 0 aliphatic carbocycles. The first kappa shape index (κ1) is 21.4. The topological polar surface area (TPSA) is 78.4 Å². The summed E-state index contributed by atoms with van der Waals surface area (Å²) in [5.74, 6) is 0. The molecule has 27 heavy (non-hydrogen) atoms. The number of hydrogen-bond donors (Lipinski definition) is 1. The average Bonchev–Trinajstić information content (AvgIpc) is 2.68. The smallest absolute Gasteiger partial charge is 0.397 e. The molecule has 150 valence electrons. The van der Waals surface area contributed by atoms with Gasteiger partial charge in [0.25, 0.3) is 0 Å². The van der Waals surface area contributed by atoms with Crippen molar-refractivity contribution >= 4 is 10.9 Å². The number of ether oxygens (including phenoxy) is 1. The first-order chi connectivity index (χ1) is 13.3. The van der Waals surface area contributed by atoms with Crippen molar-refractivity contribution in [3.8, 4) is 6.08 Å². The summed E-state index contributed by atoms with van der Waals surface area (Å²) < 4.78 is 10.6. The highest BCUT2D eigenvalue weighted by atomic mass is 16.6. The minimum absolute atomic E-state index is 0.0742. The van der Waals surface area contributed by atoms with Gasteiger partial charge in [0.1, 0.15) is 0 Å². The van der Waals surface area contributed by atoms with Crippen LogP contribution in [-0.4, -0.2) is 18.1 Å². The maximum Gasteiger partial charge on any atom is 0.397 e. The molecule has 0 atom stereocenters. The third-order valence-corrected chi connectivity index (χ3v) is 4.84. The Balaban J connectivity index is 1.46. The second-order valence-corrected chi connectivity index (χ2v) is 7.16. The molecule has 0 aliphatic heterocycles. The summed E-state index contributed by atoms with van der Waals surface area (Å²) in [5, 5.41) is 0.486. The van der Waals surface area contributed by atoms with Crippen LogP contribution in [0.2, 0.25) is 0 Å². The standard InChI is InChI=1S/C22H34N2O3/c23-17-13-9-7-5-3-1-2-4-6-8-10-14-18-26-22-24-20-16-12-11-15-19(20)21(25)27-22/h11-12,15-16H,1-10,13-14,17-18,23H2. The largest absolute Gasteiger partial charge is 0.450 e. The molecule has 2 aromatic rings. The predicted octanol–water partition coefficient (Wildman–Crippen LogP) is 5.21. The van der Waals surface area contributed by atoms with Gasteiger partial charge in [0.15, 0.2) is 0 Å². The molecule has 0 amide bonds. The monoisotopic (exact) mass is 374 g/mol. The molecule has 0 unspecified atom stereocenters. The summed E-state index contributed by atoms with van der Waals surface area (Å²) in [6.07, 6.45) is 15.2. The number of nitrogens with two attached hydrogens (primary N) is 1. The molecule has 2 rings (SSSR count). The number of fused-ring (bicyclic) bond motifs is 1. The Hall–Kier alpha value is -1.88. The molecular formula is C22H34N2O3. The van der Waals surface area contributed by atoms with E-state index in [0.717, 1.165) is 19.4 Å². The molecule has 1 aromatic carbocycles. The minimum Gasteiger partial charge on any atom is -0.450 e. The molecular weight excluding hydrogens is 340 g/mol. The number of rotatable bonds is 15. The van der Waals surface area contributed by atoms with Gasteiger partial charge in [-0.2, -0.15) is 4.98 Å². The Kier molecular flexibility index (Phi) is 10.6. The van der Waals surface area contributed by atoms with E-state index in [9.17, 15) is 4.79 Å². The minimum atomic E-state index is -0.394. The van der Waals surface area contributed by atoms with Crippen LogP contribution < -0.4 is 16.1 Å². The zero-order valence-electron chi connectivity index (χ0n) is 16.5. The molecule has 0 saturated carbocycles. The number of aromatic nitrogens is 1. The average molecular weight is 375 g/mol. The van der Waals surface area contributed by atoms with E-state index in [1.54, 1.807) is 18.2 Å². The fourth-order valence-electron chi connectivity index (χ4n) is 3.23. The van der Waals surface area contributed by atoms with Gasteiger partial charge in [-0.1, -0.05) is 76.3 Å². The van der Waals surface area contributed by atoms with Gasteiger partial charge in [0.05, 0.1) is 17.5 Å². The maximum absolute atomic E-state index is 11.9. The van der Waals surface area contributed by atoms with E-state index in [0.29, 0.717) is 17.5 Å². The molecule has 5 nitrogen and oxygen atoms in total. The second-order valence-electron chi connectivity index (χ2n) is 7.16. The zero-order valence-corrected chi connectivity index (χ0v) is 16.5. The van der Waals surface area contributed by atoms with E-state index in [2.05, 4.69) is 4.98 Å². The summed E-state index contributed by atoms with van der Waals surface area (Å²) >= 11 is 0. The van der Waals surface area contributed by atoms with Gasteiger partial charge in [-0.25, -0.2) is 4.79 Å². The Bertz CT molecular complexity index is 699. The molecule has 0 radical (unpaired) electrons. The highest BCUT2D eigenvalue weighted by Gasteiger charge is 2.06. The van der Waals surface area contributed by atoms with Crippen molar-refractivity contribution < 1.29 is 9.15 Å². The quantitative estimate of drug-likeness (QED) is 0.433. The Morgan fingerprint density at radius 2 is 1.37 bits per heavy atom. The first-order valence-corrected chi connectivity index (χ1v) is 10.5. The van der Waals surface area contributed by atoms with Crippen LogP contribution in [0.1, 0.15) is 77.0 Å². The third-order valence-electron chi connectivity index (χ3n) is 4.84. The van der Waals surface area contributed by atoms with Gasteiger partial charge in [0.2, 0.25) is 0 Å². The van der Waals surface area contributed by atoms with Crippen molar-refractivity contribution in [1.29, 1.82) is 0 Å². The number of nitrogens with zero attached hydrogens (tertiary/aromatic N) is 1. The molecule has 0 bridgehead atoms. The summed E-state index contributed by atoms with van der Waals surface area (Å²) in [4.78, 5) is 16.1. The van der Waals surface area contributed by atoms with Gasteiger partial charge in [0, 0.05) is 0 Å². The van der Waals surface area contributed by atoms with Crippen molar-refractivity contribution in [2.45, 2.75) is 77.0 Å². The van der Waals surface area contributed by atoms with Crippen molar-refractivity contribution in [2.75, 3.05) is 13.2 Å². The lowest BCUT2D eigenvalue weighted by Crippen LogP contribution is -2.06. The Labute approximate surface area is 162 Å². The highest BCUT2D eigenvalue weighted by molar-refractivity contribution is 5.76. The number of benzene rings is 1. The fourth-order valence-corrected chi connectivity index (χ4v) is 3.23. The van der Waals surface area contributed by atoms with E-state index < -0.39 is 5.63 Å². The number of para-hydroxylation sites is 1. The van der Waals surface area contributed by atoms with Gasteiger partial charge in [-0.05, 0) is 31.5 Å². The van der Waals surface area contributed by atoms with Crippen LogP contribution in [-0.2, 0) is 0 Å². The summed E-state index contributed by atoms with van der Waals surface area (Å²) in [5.41, 5.74) is 5.72. The summed E-state index contributed by atoms with van der Waals surface area (Å²) in [6, 6.07) is 7.14. The van der Waals surface area contributed by atoms with E-state index in [1.165, 1.54) is 64.2 Å². The van der Waals surface area contributed by atoms with Crippen LogP contribution >= 0.6 is 0 Å². The summed E-state index contributed by atoms with van der Waals surface area (Å²) in [7, 11) is 0. The fraction of sp³-hybridized carbons (Fsp3) is 0.636. The van der Waals surface area contributed by atoms with Gasteiger partial charge >= 0.3 is 11.7 Å². The molecule has 5 heteroatoms. The van der Waals surface area contributed by atoms with Crippen LogP contribution in [0.5, 0.6) is 6.08 Å². The van der Waals surface area contributed by atoms with Gasteiger partial charge in [-0.15, -0.1) is 0 Å². The lowest BCUT2D eigenvalue weighted by Gasteiger charge is -2.05. The maximum atomic E-state index is 11.9. The lowest BCUT2D eigenvalue weighted by molar-refractivity contribution is 0.211. The van der Waals surface area contributed by atoms with Crippen molar-refractivity contribution in [3.05, 3.63) is 34.7 Å². The van der Waals surface area contributed by atoms with Crippen LogP contribution in [0.25, 0.3) is 10.9 Å². The number of unbranched alkanes of at least 4 members (excludes halogenated alkanes) is 11. The normalized spacial score (nSPS) is 11.1. The van der Waals surface area contributed by atoms with E-state index in [4.69, 9.17) is 14.9 Å². The van der Waals surface area contributed by atoms with Crippen molar-refractivity contribution in [1.82, 2.24) is 4.98 Å². The molecule has 0 saturated heterocycles. The van der Waals surface area contributed by atoms with E-state index in [1.807, 2.05) is 6.07 Å². The van der Waals surface area contributed by atoms with Gasteiger partial charge < -0.3 is 14.9 Å². The Morgan fingerprint density at radius 3 is 2.00 bits per heavy atom. The third kappa shape index (κ3) is 8.57. The van der Waals surface area contributed by atoms with Crippen molar-refractivity contribution in [3.63, 3.8) is 0 Å². The highest BCUT2D eigenvalue weighted by Crippen LogP contribution is 2.14. The SMILES string of the molecule is NCCCCCCCCCCCCCCOc1nc2ccccc2c(=O)o1. The van der Waals surface area contributed by atoms with Crippen molar-refractivity contribution in [2.24, 2.45) is 5.73 Å². The molecule has 0 spiro atoms. The Morgan fingerprint density at radius 1 is 0.815 bits per heavy atom. The van der Waals surface area contributed by atoms with Gasteiger partial charge in [-0.3, -0.25) is 0 Å². The first-order valence-electron chi connectivity index (χ1n) is 10.5. The lowest BCUT2D eigenvalue weighted by atomic mass is 10.1. The van der Waals surface area contributed by atoms with Crippen LogP contribution in [0.4, 0.5) is 0 Å². The van der Waals surface area contributed by atoms with E-state index >= 15 is 0 Å². The van der Waals surface area contributed by atoms with Crippen LogP contribution in [0.15, 0.2) is 33.5 Å². The zero-order chi connectivity index (χ0) is 19.2. The van der Waals surface area contributed by atoms with Crippen LogP contribution in [0.3, 0.4) is 0 Å². The van der Waals surface area contributed by atoms with E-state index in [-0.39, 0.29) is 6.08 Å². The molecule has 0 aliphatic rings. The molecule has 0 fully saturated rings. The molecule has 2 N–H and O–H groups in total. The second kappa shape index (κ2) is 13.3. The molecule has 1 heterocycles. The summed E-state index contributed by atoms with van der Waals surface area (Å²) in [6.45, 7) is 1.37. The molecule has 1 aromatic heterocycles. The number of hydrogen-bond acceptors (Lipinski definition) is 5. The predicted molar refractivity (Wildman–Crippen MR) is 110 cm³/mol. The van der Waals surface area contributed by atoms with Crippen LogP contribution in [0, 0.1) is 0 Å².